The summed E-state index contributed by atoms with van der Waals surface area (Å²) >= 11 is 0. The van der Waals surface area contributed by atoms with Gasteiger partial charge in [0.15, 0.2) is 0 Å². The molecule has 2 heteroatoms. The van der Waals surface area contributed by atoms with Crippen molar-refractivity contribution in [1.82, 2.24) is 0 Å². The van der Waals surface area contributed by atoms with Gasteiger partial charge in [0.05, 0.1) is 5.41 Å². The molecule has 0 aliphatic carbocycles. The van der Waals surface area contributed by atoms with Gasteiger partial charge in [-0.05, 0) is 16.7 Å². The van der Waals surface area contributed by atoms with Gasteiger partial charge in [0.2, 0.25) is 0 Å². The largest absolute Gasteiger partial charge is 0.329 e. The lowest BCUT2D eigenvalue weighted by Gasteiger charge is -2.40. The van der Waals surface area contributed by atoms with E-state index in [2.05, 4.69) is 72.8 Å². The van der Waals surface area contributed by atoms with Crippen molar-refractivity contribution < 1.29 is 0 Å². The van der Waals surface area contributed by atoms with Gasteiger partial charge in [0.25, 0.3) is 0 Å². The Morgan fingerprint density at radius 1 is 0.609 bits per heavy atom. The van der Waals surface area contributed by atoms with Crippen LogP contribution in [0.1, 0.15) is 16.7 Å². The molecule has 0 fully saturated rings. The number of nitrogens with two attached hydrogens (primary N) is 2. The van der Waals surface area contributed by atoms with Crippen molar-refractivity contribution >= 4 is 0 Å². The molecule has 0 bridgehead atoms. The molecule has 1 atom stereocenters. The van der Waals surface area contributed by atoms with Crippen LogP contribution in [0.25, 0.3) is 0 Å². The fourth-order valence-corrected chi connectivity index (χ4v) is 3.42. The second-order valence-corrected chi connectivity index (χ2v) is 5.75. The molecule has 0 aliphatic rings. The van der Waals surface area contributed by atoms with Crippen LogP contribution in [0.15, 0.2) is 91.0 Å². The molecular weight excluding hydrogens is 280 g/mol. The topological polar surface area (TPSA) is 52.0 Å². The molecule has 0 spiro atoms. The molecule has 2 nitrogen and oxygen atoms in total. The first-order chi connectivity index (χ1) is 11.3. The maximum atomic E-state index is 6.62. The van der Waals surface area contributed by atoms with E-state index >= 15 is 0 Å². The molecule has 4 N–H and O–H groups in total. The summed E-state index contributed by atoms with van der Waals surface area (Å²) < 4.78 is 0. The molecule has 3 rings (SSSR count). The minimum absolute atomic E-state index is 0.227. The van der Waals surface area contributed by atoms with Crippen LogP contribution in [0.5, 0.6) is 0 Å². The van der Waals surface area contributed by atoms with Gasteiger partial charge in [0, 0.05) is 12.6 Å². The van der Waals surface area contributed by atoms with Crippen molar-refractivity contribution in [2.75, 3.05) is 6.54 Å². The molecule has 1 unspecified atom stereocenters. The predicted octanol–water partition coefficient (Wildman–Crippen LogP) is 3.31. The molecule has 3 aromatic carbocycles. The van der Waals surface area contributed by atoms with Crippen molar-refractivity contribution in [3.05, 3.63) is 108 Å². The van der Waals surface area contributed by atoms with Gasteiger partial charge in [-0.15, -0.1) is 0 Å². The van der Waals surface area contributed by atoms with Gasteiger partial charge in [0.1, 0.15) is 0 Å². The highest BCUT2D eigenvalue weighted by Gasteiger charge is 2.41. The summed E-state index contributed by atoms with van der Waals surface area (Å²) in [5, 5.41) is 0. The highest BCUT2D eigenvalue weighted by Crippen LogP contribution is 2.41. The van der Waals surface area contributed by atoms with Crippen molar-refractivity contribution in [3.63, 3.8) is 0 Å². The highest BCUT2D eigenvalue weighted by atomic mass is 14.8. The first-order valence-electron chi connectivity index (χ1n) is 7.92. The Morgan fingerprint density at radius 3 is 1.17 bits per heavy atom. The molecule has 0 aromatic heterocycles. The minimum Gasteiger partial charge on any atom is -0.329 e. The molecule has 0 amide bonds. The Morgan fingerprint density at radius 2 is 0.913 bits per heavy atom. The highest BCUT2D eigenvalue weighted by molar-refractivity contribution is 5.52. The quantitative estimate of drug-likeness (QED) is 0.710. The number of hydrogen-bond donors (Lipinski definition) is 2. The van der Waals surface area contributed by atoms with E-state index in [1.54, 1.807) is 0 Å². The Kier molecular flexibility index (Phi) is 4.56. The summed E-state index contributed by atoms with van der Waals surface area (Å²) in [6.07, 6.45) is 0. The van der Waals surface area contributed by atoms with Crippen LogP contribution < -0.4 is 11.5 Å². The van der Waals surface area contributed by atoms with E-state index < -0.39 is 5.41 Å². The maximum absolute atomic E-state index is 6.62. The van der Waals surface area contributed by atoms with Crippen LogP contribution in [0, 0.1) is 0 Å². The normalized spacial score (nSPS) is 12.8. The molecule has 0 saturated carbocycles. The number of hydrogen-bond acceptors (Lipinski definition) is 2. The lowest BCUT2D eigenvalue weighted by atomic mass is 9.65. The fourth-order valence-electron chi connectivity index (χ4n) is 3.42. The average Bonchev–Trinajstić information content (AvgIpc) is 2.65. The van der Waals surface area contributed by atoms with E-state index in [-0.39, 0.29) is 6.04 Å². The predicted molar refractivity (Wildman–Crippen MR) is 96.2 cm³/mol. The molecule has 0 aliphatic heterocycles. The lowest BCUT2D eigenvalue weighted by molar-refractivity contribution is 0.481. The van der Waals surface area contributed by atoms with Crippen LogP contribution in [0.4, 0.5) is 0 Å². The van der Waals surface area contributed by atoms with E-state index in [0.29, 0.717) is 6.54 Å². The van der Waals surface area contributed by atoms with Gasteiger partial charge < -0.3 is 11.5 Å². The van der Waals surface area contributed by atoms with E-state index in [4.69, 9.17) is 11.5 Å². The molecular formula is C21H22N2. The summed E-state index contributed by atoms with van der Waals surface area (Å²) in [5.41, 5.74) is 15.7. The third-order valence-electron chi connectivity index (χ3n) is 4.50. The first-order valence-corrected chi connectivity index (χ1v) is 7.92. The lowest BCUT2D eigenvalue weighted by Crippen LogP contribution is -2.51. The van der Waals surface area contributed by atoms with Crippen molar-refractivity contribution in [1.29, 1.82) is 0 Å². The first kappa shape index (κ1) is 15.5. The summed E-state index contributed by atoms with van der Waals surface area (Å²) in [6.45, 7) is 0.401. The Balaban J connectivity index is 2.35. The Hall–Kier alpha value is -2.42. The van der Waals surface area contributed by atoms with Gasteiger partial charge in [-0.1, -0.05) is 91.0 Å². The minimum atomic E-state index is -0.460. The Labute approximate surface area is 137 Å². The fraction of sp³-hybridized carbons (Fsp3) is 0.143. The van der Waals surface area contributed by atoms with E-state index in [0.717, 1.165) is 16.7 Å². The van der Waals surface area contributed by atoms with Gasteiger partial charge in [-0.25, -0.2) is 0 Å². The summed E-state index contributed by atoms with van der Waals surface area (Å²) in [7, 11) is 0. The van der Waals surface area contributed by atoms with Crippen molar-refractivity contribution in [3.8, 4) is 0 Å². The van der Waals surface area contributed by atoms with E-state index in [1.165, 1.54) is 0 Å². The second-order valence-electron chi connectivity index (χ2n) is 5.75. The van der Waals surface area contributed by atoms with Crippen LogP contribution in [-0.2, 0) is 5.41 Å². The third kappa shape index (κ3) is 2.67. The van der Waals surface area contributed by atoms with Crippen molar-refractivity contribution in [2.45, 2.75) is 11.5 Å². The molecule has 3 aromatic rings. The van der Waals surface area contributed by atoms with Gasteiger partial charge in [-0.3, -0.25) is 0 Å². The number of rotatable bonds is 5. The van der Waals surface area contributed by atoms with Crippen LogP contribution in [-0.4, -0.2) is 12.6 Å². The molecule has 0 heterocycles. The molecule has 116 valence electrons. The van der Waals surface area contributed by atoms with Crippen LogP contribution in [0.2, 0.25) is 0 Å². The maximum Gasteiger partial charge on any atom is 0.0614 e. The van der Waals surface area contributed by atoms with E-state index in [1.807, 2.05) is 18.2 Å². The SMILES string of the molecule is NCC(N)C(c1ccccc1)(c1ccccc1)c1ccccc1. The zero-order valence-corrected chi connectivity index (χ0v) is 13.1. The smallest absolute Gasteiger partial charge is 0.0614 e. The zero-order chi connectivity index (χ0) is 16.1. The third-order valence-corrected chi connectivity index (χ3v) is 4.50. The molecule has 0 saturated heterocycles. The molecule has 23 heavy (non-hydrogen) atoms. The van der Waals surface area contributed by atoms with Crippen molar-refractivity contribution in [2.24, 2.45) is 11.5 Å². The summed E-state index contributed by atoms with van der Waals surface area (Å²) in [4.78, 5) is 0. The van der Waals surface area contributed by atoms with Gasteiger partial charge in [-0.2, -0.15) is 0 Å². The number of benzene rings is 3. The van der Waals surface area contributed by atoms with Crippen LogP contribution in [0.3, 0.4) is 0 Å². The van der Waals surface area contributed by atoms with E-state index in [9.17, 15) is 0 Å². The summed E-state index contributed by atoms with van der Waals surface area (Å²) in [6, 6.07) is 31.0. The molecule has 0 radical (unpaired) electrons. The monoisotopic (exact) mass is 302 g/mol. The summed E-state index contributed by atoms with van der Waals surface area (Å²) in [5.74, 6) is 0. The van der Waals surface area contributed by atoms with Crippen LogP contribution >= 0.6 is 0 Å². The Bertz CT molecular complexity index is 627. The average molecular weight is 302 g/mol. The standard InChI is InChI=1S/C21H22N2/c22-16-20(23)21(17-10-4-1-5-11-17,18-12-6-2-7-13-18)19-14-8-3-9-15-19/h1-15,20H,16,22-23H2. The zero-order valence-electron chi connectivity index (χ0n) is 13.1. The van der Waals surface area contributed by atoms with Gasteiger partial charge >= 0.3 is 0 Å². The second kappa shape index (κ2) is 6.78.